The smallest absolute Gasteiger partial charge is 0.129 e. The van der Waals surface area contributed by atoms with Crippen LogP contribution in [0.15, 0.2) is 48.5 Å². The van der Waals surface area contributed by atoms with E-state index in [1.54, 1.807) is 6.07 Å². The van der Waals surface area contributed by atoms with Gasteiger partial charge in [0.25, 0.3) is 0 Å². The molecule has 0 saturated carbocycles. The Morgan fingerprint density at radius 1 is 1.16 bits per heavy atom. The van der Waals surface area contributed by atoms with Crippen LogP contribution in [0.1, 0.15) is 11.4 Å². The predicted octanol–water partition coefficient (Wildman–Crippen LogP) is 3.64. The minimum absolute atomic E-state index is 0.325. The molecule has 0 N–H and O–H groups in total. The first-order valence-electron chi connectivity index (χ1n) is 5.86. The van der Waals surface area contributed by atoms with Gasteiger partial charge in [-0.3, -0.25) is 4.57 Å². The van der Waals surface area contributed by atoms with Gasteiger partial charge < -0.3 is 0 Å². The molecule has 3 rings (SSSR count). The number of imidazole rings is 1. The zero-order chi connectivity index (χ0) is 13.2. The Hall–Kier alpha value is -2.31. The summed E-state index contributed by atoms with van der Waals surface area (Å²) in [6.07, 6.45) is 0. The van der Waals surface area contributed by atoms with E-state index in [2.05, 4.69) is 11.1 Å². The zero-order valence-electron chi connectivity index (χ0n) is 10.0. The van der Waals surface area contributed by atoms with Crippen molar-refractivity contribution >= 4 is 22.6 Å². The van der Waals surface area contributed by atoms with Crippen LogP contribution in [-0.4, -0.2) is 9.55 Å². The lowest BCUT2D eigenvalue weighted by molar-refractivity contribution is 0.982. The highest BCUT2D eigenvalue weighted by molar-refractivity contribution is 6.17. The topological polar surface area (TPSA) is 41.6 Å². The average molecular weight is 268 g/mol. The molecule has 1 heterocycles. The minimum Gasteiger partial charge on any atom is -0.295 e. The van der Waals surface area contributed by atoms with E-state index >= 15 is 0 Å². The molecule has 0 bridgehead atoms. The highest BCUT2D eigenvalue weighted by Gasteiger charge is 2.11. The quantitative estimate of drug-likeness (QED) is 0.665. The number of fused-ring (bicyclic) bond motifs is 1. The summed E-state index contributed by atoms with van der Waals surface area (Å²) in [5.74, 6) is 1.10. The molecular formula is C15H10ClN3. The van der Waals surface area contributed by atoms with Gasteiger partial charge in [-0.15, -0.1) is 11.6 Å². The molecule has 3 nitrogen and oxygen atoms in total. The Morgan fingerprint density at radius 2 is 1.95 bits per heavy atom. The summed E-state index contributed by atoms with van der Waals surface area (Å²) in [6.45, 7) is 0. The number of hydrogen-bond donors (Lipinski definition) is 0. The Bertz CT molecular complexity index is 769. The highest BCUT2D eigenvalue weighted by atomic mass is 35.5. The molecule has 0 fully saturated rings. The number of hydrogen-bond acceptors (Lipinski definition) is 2. The first-order valence-corrected chi connectivity index (χ1v) is 6.40. The van der Waals surface area contributed by atoms with Crippen molar-refractivity contribution in [1.29, 1.82) is 5.26 Å². The van der Waals surface area contributed by atoms with E-state index in [1.807, 2.05) is 47.0 Å². The molecule has 0 unspecified atom stereocenters. The lowest BCUT2D eigenvalue weighted by Crippen LogP contribution is -1.98. The fourth-order valence-corrected chi connectivity index (χ4v) is 2.33. The van der Waals surface area contributed by atoms with E-state index < -0.39 is 0 Å². The molecule has 0 aliphatic carbocycles. The second-order valence-electron chi connectivity index (χ2n) is 4.15. The van der Waals surface area contributed by atoms with Gasteiger partial charge in [0.2, 0.25) is 0 Å². The van der Waals surface area contributed by atoms with Crippen molar-refractivity contribution in [1.82, 2.24) is 9.55 Å². The molecule has 19 heavy (non-hydrogen) atoms. The van der Waals surface area contributed by atoms with Crippen molar-refractivity contribution in [3.63, 3.8) is 0 Å². The zero-order valence-corrected chi connectivity index (χ0v) is 10.8. The van der Waals surface area contributed by atoms with Crippen LogP contribution in [0.4, 0.5) is 0 Å². The minimum atomic E-state index is 0.325. The van der Waals surface area contributed by atoms with E-state index in [0.29, 0.717) is 11.4 Å². The molecule has 0 atom stereocenters. The summed E-state index contributed by atoms with van der Waals surface area (Å²) in [5, 5.41) is 9.02. The van der Waals surface area contributed by atoms with E-state index in [-0.39, 0.29) is 0 Å². The van der Waals surface area contributed by atoms with Crippen LogP contribution in [0.5, 0.6) is 0 Å². The number of nitriles is 1. The van der Waals surface area contributed by atoms with Crippen LogP contribution >= 0.6 is 11.6 Å². The largest absolute Gasteiger partial charge is 0.295 e. The predicted molar refractivity (Wildman–Crippen MR) is 75.3 cm³/mol. The summed E-state index contributed by atoms with van der Waals surface area (Å²) >= 11 is 5.98. The second-order valence-corrected chi connectivity index (χ2v) is 4.42. The van der Waals surface area contributed by atoms with Gasteiger partial charge in [-0.05, 0) is 30.3 Å². The third-order valence-corrected chi connectivity index (χ3v) is 3.23. The second kappa shape index (κ2) is 4.75. The molecule has 0 aliphatic rings. The summed E-state index contributed by atoms with van der Waals surface area (Å²) in [4.78, 5) is 4.50. The van der Waals surface area contributed by atoms with Gasteiger partial charge >= 0.3 is 0 Å². The fourth-order valence-electron chi connectivity index (χ4n) is 2.15. The number of rotatable bonds is 2. The third-order valence-electron chi connectivity index (χ3n) is 2.99. The lowest BCUT2D eigenvalue weighted by atomic mass is 10.2. The van der Waals surface area contributed by atoms with Crippen molar-refractivity contribution in [3.8, 4) is 11.8 Å². The SMILES string of the molecule is N#Cc1ccc2nc(CCl)n(-c3ccccc3)c2c1. The maximum Gasteiger partial charge on any atom is 0.129 e. The van der Waals surface area contributed by atoms with Crippen LogP contribution in [0.25, 0.3) is 16.7 Å². The maximum atomic E-state index is 9.02. The molecule has 0 amide bonds. The molecule has 2 aromatic carbocycles. The number of benzene rings is 2. The van der Waals surface area contributed by atoms with E-state index in [9.17, 15) is 0 Å². The molecule has 92 valence electrons. The Morgan fingerprint density at radius 3 is 2.63 bits per heavy atom. The van der Waals surface area contributed by atoms with Gasteiger partial charge in [0.1, 0.15) is 5.82 Å². The van der Waals surface area contributed by atoms with Crippen molar-refractivity contribution < 1.29 is 0 Å². The highest BCUT2D eigenvalue weighted by Crippen LogP contribution is 2.23. The van der Waals surface area contributed by atoms with Crippen molar-refractivity contribution in [2.24, 2.45) is 0 Å². The summed E-state index contributed by atoms with van der Waals surface area (Å²) in [7, 11) is 0. The lowest BCUT2D eigenvalue weighted by Gasteiger charge is -2.07. The average Bonchev–Trinajstić information content (AvgIpc) is 2.85. The molecule has 4 heteroatoms. The van der Waals surface area contributed by atoms with Gasteiger partial charge in [0, 0.05) is 5.69 Å². The van der Waals surface area contributed by atoms with Crippen LogP contribution < -0.4 is 0 Å². The van der Waals surface area contributed by atoms with Crippen molar-refractivity contribution in [3.05, 3.63) is 59.9 Å². The number of halogens is 1. The van der Waals surface area contributed by atoms with Gasteiger partial charge in [-0.2, -0.15) is 5.26 Å². The van der Waals surface area contributed by atoms with Gasteiger partial charge in [0.15, 0.2) is 0 Å². The molecule has 3 aromatic rings. The number of nitrogens with zero attached hydrogens (tertiary/aromatic N) is 3. The molecule has 0 spiro atoms. The standard InChI is InChI=1S/C15H10ClN3/c16-9-15-18-13-7-6-11(10-17)8-14(13)19(15)12-4-2-1-3-5-12/h1-8H,9H2. The third kappa shape index (κ3) is 1.96. The normalized spacial score (nSPS) is 10.5. The van der Waals surface area contributed by atoms with Crippen LogP contribution in [-0.2, 0) is 5.88 Å². The number of aromatic nitrogens is 2. The van der Waals surface area contributed by atoms with Gasteiger partial charge in [-0.1, -0.05) is 18.2 Å². The number of alkyl halides is 1. The van der Waals surface area contributed by atoms with Gasteiger partial charge in [0.05, 0.1) is 28.5 Å². The van der Waals surface area contributed by atoms with E-state index in [1.165, 1.54) is 0 Å². The molecule has 0 aliphatic heterocycles. The van der Waals surface area contributed by atoms with Gasteiger partial charge in [-0.25, -0.2) is 4.98 Å². The Labute approximate surface area is 115 Å². The molecule has 1 aromatic heterocycles. The summed E-state index contributed by atoms with van der Waals surface area (Å²) in [5.41, 5.74) is 3.36. The van der Waals surface area contributed by atoms with Crippen molar-refractivity contribution in [2.75, 3.05) is 0 Å². The monoisotopic (exact) mass is 267 g/mol. The first kappa shape index (κ1) is 11.8. The van der Waals surface area contributed by atoms with Crippen LogP contribution in [0.3, 0.4) is 0 Å². The summed E-state index contributed by atoms with van der Waals surface area (Å²) in [6, 6.07) is 17.5. The first-order chi connectivity index (χ1) is 9.33. The summed E-state index contributed by atoms with van der Waals surface area (Å²) < 4.78 is 1.99. The fraction of sp³-hybridized carbons (Fsp3) is 0.0667. The molecular weight excluding hydrogens is 258 g/mol. The molecule has 0 saturated heterocycles. The molecule has 0 radical (unpaired) electrons. The Kier molecular flexibility index (Phi) is 2.94. The van der Waals surface area contributed by atoms with Crippen LogP contribution in [0.2, 0.25) is 0 Å². The Balaban J connectivity index is 2.35. The maximum absolute atomic E-state index is 9.02. The van der Waals surface area contributed by atoms with Crippen LogP contribution in [0, 0.1) is 11.3 Å². The van der Waals surface area contributed by atoms with Crippen molar-refractivity contribution in [2.45, 2.75) is 5.88 Å². The van der Waals surface area contributed by atoms with E-state index in [4.69, 9.17) is 16.9 Å². The van der Waals surface area contributed by atoms with E-state index in [0.717, 1.165) is 22.5 Å². The number of para-hydroxylation sites is 1.